The first-order valence-corrected chi connectivity index (χ1v) is 18.7. The van der Waals surface area contributed by atoms with Crippen LogP contribution in [0.5, 0.6) is 0 Å². The van der Waals surface area contributed by atoms with Crippen molar-refractivity contribution < 1.29 is 0 Å². The van der Waals surface area contributed by atoms with Crippen LogP contribution in [0.1, 0.15) is 22.9 Å². The monoisotopic (exact) mass is 704 g/mol. The first kappa shape index (κ1) is 32.4. The predicted molar refractivity (Wildman–Crippen MR) is 228 cm³/mol. The number of aromatic nitrogens is 2. The van der Waals surface area contributed by atoms with Crippen LogP contribution >= 0.6 is 0 Å². The van der Waals surface area contributed by atoms with Gasteiger partial charge in [0.25, 0.3) is 0 Å². The second-order valence-electron chi connectivity index (χ2n) is 13.9. The van der Waals surface area contributed by atoms with Crippen LogP contribution in [0.2, 0.25) is 0 Å². The smallest absolute Gasteiger partial charge is 0.145 e. The quantitative estimate of drug-likeness (QED) is 0.179. The van der Waals surface area contributed by atoms with E-state index in [0.29, 0.717) is 0 Å². The Kier molecular flexibility index (Phi) is 8.19. The first-order chi connectivity index (χ1) is 27.3. The van der Waals surface area contributed by atoms with Crippen LogP contribution in [0.3, 0.4) is 0 Å². The fourth-order valence-corrected chi connectivity index (χ4v) is 7.76. The third-order valence-electron chi connectivity index (χ3n) is 10.5. The van der Waals surface area contributed by atoms with E-state index in [2.05, 4.69) is 192 Å². The summed E-state index contributed by atoms with van der Waals surface area (Å²) in [6.07, 6.45) is 1.94. The molecule has 0 saturated heterocycles. The molecular weight excluding hydrogens is 669 g/mol. The summed E-state index contributed by atoms with van der Waals surface area (Å²) >= 11 is 0. The lowest BCUT2D eigenvalue weighted by Crippen LogP contribution is -2.24. The van der Waals surface area contributed by atoms with Gasteiger partial charge in [0.2, 0.25) is 0 Å². The SMILES string of the molecule is C1=C(c2ccccc2)NC(c2ccc(-c3cccc4c(-c5ccc(-c6nc7ccccc7n6-c6ccccc6)cc5)cccc34)cc2)N=C1c1ccccc1. The van der Waals surface area contributed by atoms with Gasteiger partial charge >= 0.3 is 0 Å². The average molecular weight is 705 g/mol. The minimum absolute atomic E-state index is 0.212. The van der Waals surface area contributed by atoms with Crippen molar-refractivity contribution in [3.05, 3.63) is 223 Å². The molecule has 0 spiro atoms. The largest absolute Gasteiger partial charge is 0.360 e. The number of hydrogen-bond donors (Lipinski definition) is 1. The number of benzene rings is 8. The van der Waals surface area contributed by atoms with Crippen molar-refractivity contribution in [3.63, 3.8) is 0 Å². The van der Waals surface area contributed by atoms with Crippen molar-refractivity contribution >= 4 is 33.2 Å². The second-order valence-corrected chi connectivity index (χ2v) is 13.9. The van der Waals surface area contributed by atoms with Crippen LogP contribution in [0.4, 0.5) is 0 Å². The van der Waals surface area contributed by atoms with Crippen molar-refractivity contribution in [1.82, 2.24) is 14.9 Å². The number of imidazole rings is 1. The lowest BCUT2D eigenvalue weighted by molar-refractivity contribution is 0.664. The highest BCUT2D eigenvalue weighted by Gasteiger charge is 2.20. The van der Waals surface area contributed by atoms with Gasteiger partial charge in [-0.25, -0.2) is 4.98 Å². The highest BCUT2D eigenvalue weighted by molar-refractivity contribution is 6.13. The minimum atomic E-state index is -0.212. The topological polar surface area (TPSA) is 42.2 Å². The molecule has 1 aliphatic rings. The summed E-state index contributed by atoms with van der Waals surface area (Å²) in [6, 6.07) is 70.6. The van der Waals surface area contributed by atoms with Gasteiger partial charge in [0.1, 0.15) is 12.0 Å². The van der Waals surface area contributed by atoms with E-state index in [1.807, 2.05) is 24.3 Å². The van der Waals surface area contributed by atoms with E-state index >= 15 is 0 Å². The van der Waals surface area contributed by atoms with Gasteiger partial charge in [-0.2, -0.15) is 0 Å². The Bertz CT molecular complexity index is 2850. The molecule has 8 aromatic carbocycles. The molecule has 1 aromatic heterocycles. The first-order valence-electron chi connectivity index (χ1n) is 18.7. The molecule has 4 nitrogen and oxygen atoms in total. The molecule has 4 heteroatoms. The third-order valence-corrected chi connectivity index (χ3v) is 10.5. The maximum Gasteiger partial charge on any atom is 0.145 e. The molecule has 0 amide bonds. The van der Waals surface area contributed by atoms with Gasteiger partial charge in [-0.1, -0.05) is 176 Å². The fraction of sp³-hybridized carbons (Fsp3) is 0.0196. The number of para-hydroxylation sites is 3. The molecule has 55 heavy (non-hydrogen) atoms. The average Bonchev–Trinajstić information content (AvgIpc) is 3.67. The van der Waals surface area contributed by atoms with Gasteiger partial charge in [0, 0.05) is 16.9 Å². The minimum Gasteiger partial charge on any atom is -0.360 e. The summed E-state index contributed by atoms with van der Waals surface area (Å²) in [4.78, 5) is 10.3. The van der Waals surface area contributed by atoms with E-state index in [1.165, 1.54) is 33.0 Å². The molecule has 0 fully saturated rings. The molecule has 10 rings (SSSR count). The van der Waals surface area contributed by atoms with Gasteiger partial charge in [-0.15, -0.1) is 0 Å². The lowest BCUT2D eigenvalue weighted by atomic mass is 9.92. The number of aliphatic imine (C=N–C) groups is 1. The molecule has 9 aromatic rings. The Morgan fingerprint density at radius 1 is 0.436 bits per heavy atom. The van der Waals surface area contributed by atoms with Crippen LogP contribution < -0.4 is 5.32 Å². The molecule has 0 saturated carbocycles. The van der Waals surface area contributed by atoms with Crippen LogP contribution in [-0.4, -0.2) is 15.3 Å². The number of allylic oxidation sites excluding steroid dienone is 1. The van der Waals surface area contributed by atoms with Crippen molar-refractivity contribution in [3.8, 4) is 39.3 Å². The zero-order chi connectivity index (χ0) is 36.6. The Morgan fingerprint density at radius 3 is 1.64 bits per heavy atom. The molecule has 1 unspecified atom stereocenters. The Balaban J connectivity index is 0.973. The molecule has 0 bridgehead atoms. The maximum atomic E-state index is 5.18. The number of rotatable bonds is 7. The number of nitrogens with one attached hydrogen (secondary N) is 1. The van der Waals surface area contributed by atoms with E-state index in [-0.39, 0.29) is 6.17 Å². The standard InChI is InChI=1S/C51H36N4/c1-4-14-37(15-5-1)47-34-48(38-16-6-2-7-17-38)53-50(52-47)39-30-26-35(27-31-39)42-20-12-23-45-43(21-13-22-44(42)45)36-28-32-40(33-29-36)51-54-46-24-10-11-25-49(46)55(51)41-18-8-3-9-19-41/h1-34,50,52H. The number of hydrogen-bond acceptors (Lipinski definition) is 3. The molecule has 1 atom stereocenters. The van der Waals surface area contributed by atoms with Gasteiger partial charge in [-0.05, 0) is 80.1 Å². The van der Waals surface area contributed by atoms with E-state index in [4.69, 9.17) is 9.98 Å². The van der Waals surface area contributed by atoms with Crippen LogP contribution in [0.25, 0.3) is 66.8 Å². The second kappa shape index (κ2) is 13.9. The highest BCUT2D eigenvalue weighted by atomic mass is 15.1. The molecule has 1 aliphatic heterocycles. The Hall–Kier alpha value is -7.30. The zero-order valence-electron chi connectivity index (χ0n) is 30.0. The van der Waals surface area contributed by atoms with Crippen molar-refractivity contribution in [2.75, 3.05) is 0 Å². The summed E-state index contributed by atoms with van der Waals surface area (Å²) in [7, 11) is 0. The molecule has 260 valence electrons. The summed E-state index contributed by atoms with van der Waals surface area (Å²) in [6.45, 7) is 0. The maximum absolute atomic E-state index is 5.18. The van der Waals surface area contributed by atoms with Gasteiger partial charge in [0.15, 0.2) is 0 Å². The third kappa shape index (κ3) is 6.10. The predicted octanol–water partition coefficient (Wildman–Crippen LogP) is 12.3. The van der Waals surface area contributed by atoms with Crippen LogP contribution in [-0.2, 0) is 0 Å². The summed E-state index contributed by atoms with van der Waals surface area (Å²) < 4.78 is 2.25. The van der Waals surface area contributed by atoms with Crippen molar-refractivity contribution in [1.29, 1.82) is 0 Å². The summed E-state index contributed by atoms with van der Waals surface area (Å²) in [5.41, 5.74) is 14.4. The molecule has 1 N–H and O–H groups in total. The lowest BCUT2D eigenvalue weighted by Gasteiger charge is -2.25. The molecular formula is C51H36N4. The van der Waals surface area contributed by atoms with E-state index in [0.717, 1.165) is 56.2 Å². The number of fused-ring (bicyclic) bond motifs is 2. The molecule has 0 radical (unpaired) electrons. The van der Waals surface area contributed by atoms with Crippen molar-refractivity contribution in [2.24, 2.45) is 4.99 Å². The van der Waals surface area contributed by atoms with E-state index < -0.39 is 0 Å². The Labute approximate surface area is 320 Å². The Morgan fingerprint density at radius 2 is 0.982 bits per heavy atom. The highest BCUT2D eigenvalue weighted by Crippen LogP contribution is 2.37. The van der Waals surface area contributed by atoms with E-state index in [9.17, 15) is 0 Å². The number of nitrogens with zero attached hydrogens (tertiary/aromatic N) is 3. The molecule has 2 heterocycles. The summed E-state index contributed by atoms with van der Waals surface area (Å²) in [5, 5.41) is 6.14. The van der Waals surface area contributed by atoms with E-state index in [1.54, 1.807) is 0 Å². The van der Waals surface area contributed by atoms with Gasteiger partial charge < -0.3 is 5.32 Å². The zero-order valence-corrected chi connectivity index (χ0v) is 30.0. The van der Waals surface area contributed by atoms with Gasteiger partial charge in [-0.3, -0.25) is 9.56 Å². The van der Waals surface area contributed by atoms with Crippen LogP contribution in [0, 0.1) is 0 Å². The van der Waals surface area contributed by atoms with Crippen LogP contribution in [0.15, 0.2) is 211 Å². The van der Waals surface area contributed by atoms with Gasteiger partial charge in [0.05, 0.1) is 16.7 Å². The van der Waals surface area contributed by atoms with Crippen molar-refractivity contribution in [2.45, 2.75) is 6.17 Å². The fourth-order valence-electron chi connectivity index (χ4n) is 7.76. The normalized spacial score (nSPS) is 14.0. The summed E-state index contributed by atoms with van der Waals surface area (Å²) in [5.74, 6) is 0.931. The molecule has 0 aliphatic carbocycles.